The third-order valence-electron chi connectivity index (χ3n) is 27.3. The summed E-state index contributed by atoms with van der Waals surface area (Å²) in [7, 11) is 0. The Hall–Kier alpha value is -16.4. The summed E-state index contributed by atoms with van der Waals surface area (Å²) in [6.45, 7) is 0. The number of hydrogen-bond acceptors (Lipinski definition) is 0. The van der Waals surface area contributed by atoms with Gasteiger partial charge in [-0.1, -0.05) is 340 Å². The van der Waals surface area contributed by atoms with E-state index in [0.29, 0.717) is 0 Å². The van der Waals surface area contributed by atoms with E-state index in [4.69, 9.17) is 0 Å². The molecule has 0 unspecified atom stereocenters. The summed E-state index contributed by atoms with van der Waals surface area (Å²) in [4.78, 5) is 0. The quantitative estimate of drug-likeness (QED) is 0.148. The van der Waals surface area contributed by atoms with Gasteiger partial charge in [0.25, 0.3) is 0 Å². The van der Waals surface area contributed by atoms with E-state index in [2.05, 4.69) is 455 Å². The molecule has 4 aromatic heterocycles. The van der Waals surface area contributed by atoms with Crippen LogP contribution in [0.15, 0.2) is 437 Å². The zero-order valence-electron chi connectivity index (χ0n) is 67.4. The van der Waals surface area contributed by atoms with Gasteiger partial charge >= 0.3 is 0 Å². The fraction of sp³-hybridized carbons (Fsp3) is 0. The van der Waals surface area contributed by atoms with Crippen LogP contribution in [0, 0.1) is 0 Å². The van der Waals surface area contributed by atoms with E-state index in [1.165, 1.54) is 261 Å². The van der Waals surface area contributed by atoms with E-state index in [9.17, 15) is 0 Å². The van der Waals surface area contributed by atoms with Gasteiger partial charge < -0.3 is 18.3 Å². The van der Waals surface area contributed by atoms with Crippen molar-refractivity contribution in [3.05, 3.63) is 437 Å². The molecule has 28 rings (SSSR count). The molecular formula is C120H72N4. The highest BCUT2D eigenvalue weighted by Gasteiger charge is 2.25. The molecule has 572 valence electrons. The second-order valence-electron chi connectivity index (χ2n) is 33.6. The van der Waals surface area contributed by atoms with Crippen molar-refractivity contribution >= 4 is 216 Å². The minimum Gasteiger partial charge on any atom is -0.309 e. The first-order valence-corrected chi connectivity index (χ1v) is 43.0. The topological polar surface area (TPSA) is 19.7 Å². The summed E-state index contributed by atoms with van der Waals surface area (Å²) in [5.74, 6) is 0. The number of benzene rings is 24. The molecule has 0 fully saturated rings. The van der Waals surface area contributed by atoms with Crippen LogP contribution in [-0.4, -0.2) is 18.3 Å². The van der Waals surface area contributed by atoms with Gasteiger partial charge in [-0.15, -0.1) is 0 Å². The third kappa shape index (κ3) is 10.0. The van der Waals surface area contributed by atoms with Gasteiger partial charge in [0.1, 0.15) is 0 Å². The lowest BCUT2D eigenvalue weighted by molar-refractivity contribution is 1.20. The first-order chi connectivity index (χ1) is 61.5. The van der Waals surface area contributed by atoms with Crippen LogP contribution >= 0.6 is 0 Å². The van der Waals surface area contributed by atoms with Crippen LogP contribution in [-0.2, 0) is 0 Å². The van der Waals surface area contributed by atoms with Gasteiger partial charge in [0, 0.05) is 64.6 Å². The number of para-hydroxylation sites is 4. The molecule has 0 amide bonds. The predicted molar refractivity (Wildman–Crippen MR) is 531 cm³/mol. The zero-order chi connectivity index (χ0) is 80.9. The Labute approximate surface area is 711 Å². The zero-order valence-corrected chi connectivity index (χ0v) is 67.4. The van der Waals surface area contributed by atoms with Crippen molar-refractivity contribution in [2.75, 3.05) is 0 Å². The van der Waals surface area contributed by atoms with Crippen LogP contribution < -0.4 is 0 Å². The Morgan fingerprint density at radius 3 is 0.637 bits per heavy atom. The fourth-order valence-electron chi connectivity index (χ4n) is 21.8. The van der Waals surface area contributed by atoms with Crippen molar-refractivity contribution in [1.29, 1.82) is 0 Å². The molecule has 0 bridgehead atoms. The summed E-state index contributed by atoms with van der Waals surface area (Å²) >= 11 is 0. The van der Waals surface area contributed by atoms with Crippen molar-refractivity contribution in [3.63, 3.8) is 0 Å². The van der Waals surface area contributed by atoms with Crippen LogP contribution in [0.25, 0.3) is 261 Å². The van der Waals surface area contributed by atoms with Crippen molar-refractivity contribution < 1.29 is 0 Å². The molecule has 124 heavy (non-hydrogen) atoms. The monoisotopic (exact) mass is 1570 g/mol. The maximum Gasteiger partial charge on any atom is 0.0547 e. The summed E-state index contributed by atoms with van der Waals surface area (Å²) in [5, 5.41) is 40.5. The van der Waals surface area contributed by atoms with Gasteiger partial charge in [0.2, 0.25) is 0 Å². The second kappa shape index (κ2) is 26.5. The standard InChI is InChI=1S/2C60H36N2/c1-3-15-43-37(13-1)25-27-41-35-57(45-17-5-7-21-49(45)59(41)43)61-53-23-11-9-19-47(53)51-33-39(29-31-55(51)61)40-30-32-56-52(34-40)48-20-10-12-24-54(48)62(56)58-36-42-28-26-38-14-2-4-16-44(38)60(42)50-22-8-6-18-46(50)58;1-3-15-41-37(13-1)25-29-45-43-17-5-7-19-47(43)59(35-51(41)45)61-55-23-11-9-21-49(55)53-33-39(27-31-57(53)61)40-28-32-58-54(34-40)50-22-10-12-24-56(50)62(58)60-36-52-42-16-4-2-14-38(42)26-30-46(52)44-18-6-8-20-48(44)60/h2*1-36H. The van der Waals surface area contributed by atoms with Gasteiger partial charge in [-0.3, -0.25) is 0 Å². The minimum atomic E-state index is 1.20. The Balaban J connectivity index is 0.000000130. The molecule has 0 radical (unpaired) electrons. The molecule has 0 atom stereocenters. The molecule has 4 heteroatoms. The Kier molecular flexibility index (Phi) is 14.7. The van der Waals surface area contributed by atoms with Gasteiger partial charge in [-0.25, -0.2) is 0 Å². The lowest BCUT2D eigenvalue weighted by Crippen LogP contribution is -1.97. The van der Waals surface area contributed by atoms with Crippen LogP contribution in [0.5, 0.6) is 0 Å². The lowest BCUT2D eigenvalue weighted by Gasteiger charge is -2.16. The van der Waals surface area contributed by atoms with Crippen LogP contribution in [0.3, 0.4) is 0 Å². The highest BCUT2D eigenvalue weighted by Crippen LogP contribution is 2.48. The Morgan fingerprint density at radius 1 is 0.105 bits per heavy atom. The molecule has 28 aromatic rings. The molecule has 0 aliphatic rings. The number of fused-ring (bicyclic) bond motifs is 32. The average Bonchev–Trinajstić information content (AvgIpc) is 1.53. The molecule has 4 heterocycles. The molecule has 0 saturated carbocycles. The van der Waals surface area contributed by atoms with E-state index in [1.54, 1.807) is 0 Å². The first kappa shape index (κ1) is 68.5. The molecule has 4 nitrogen and oxygen atoms in total. The number of aromatic nitrogens is 4. The van der Waals surface area contributed by atoms with Crippen LogP contribution in [0.2, 0.25) is 0 Å². The number of hydrogen-bond donors (Lipinski definition) is 0. The van der Waals surface area contributed by atoms with Gasteiger partial charge in [0.05, 0.1) is 66.9 Å². The smallest absolute Gasteiger partial charge is 0.0547 e. The van der Waals surface area contributed by atoms with E-state index >= 15 is 0 Å². The molecule has 0 aliphatic heterocycles. The molecule has 24 aromatic carbocycles. The Bertz CT molecular complexity index is 8990. The lowest BCUT2D eigenvalue weighted by atomic mass is 9.95. The van der Waals surface area contributed by atoms with Crippen molar-refractivity contribution in [2.45, 2.75) is 0 Å². The molecule has 0 saturated heterocycles. The minimum absolute atomic E-state index is 1.20. The summed E-state index contributed by atoms with van der Waals surface area (Å²) < 4.78 is 9.95. The normalized spacial score (nSPS) is 12.2. The average molecular weight is 1570 g/mol. The van der Waals surface area contributed by atoms with Crippen LogP contribution in [0.1, 0.15) is 0 Å². The summed E-state index contributed by atoms with van der Waals surface area (Å²) in [6.07, 6.45) is 0. The van der Waals surface area contributed by atoms with Gasteiger partial charge in [-0.05, 0) is 227 Å². The van der Waals surface area contributed by atoms with E-state index < -0.39 is 0 Å². The van der Waals surface area contributed by atoms with Gasteiger partial charge in [0.15, 0.2) is 0 Å². The highest BCUT2D eigenvalue weighted by atomic mass is 15.0. The first-order valence-electron chi connectivity index (χ1n) is 43.0. The largest absolute Gasteiger partial charge is 0.309 e. The van der Waals surface area contributed by atoms with Crippen molar-refractivity contribution in [1.82, 2.24) is 18.3 Å². The van der Waals surface area contributed by atoms with E-state index in [1.807, 2.05) is 0 Å². The second-order valence-corrected chi connectivity index (χ2v) is 33.6. The molecule has 0 aliphatic carbocycles. The Morgan fingerprint density at radius 2 is 0.315 bits per heavy atom. The maximum atomic E-state index is 2.49. The van der Waals surface area contributed by atoms with Crippen molar-refractivity contribution in [2.24, 2.45) is 0 Å². The molecule has 0 spiro atoms. The van der Waals surface area contributed by atoms with E-state index in [-0.39, 0.29) is 0 Å². The van der Waals surface area contributed by atoms with Crippen molar-refractivity contribution in [3.8, 4) is 45.0 Å². The third-order valence-corrected chi connectivity index (χ3v) is 27.3. The predicted octanol–water partition coefficient (Wildman–Crippen LogP) is 32.9. The van der Waals surface area contributed by atoms with Crippen LogP contribution in [0.4, 0.5) is 0 Å². The summed E-state index contributed by atoms with van der Waals surface area (Å²) in [5.41, 5.74) is 19.3. The number of nitrogens with zero attached hydrogens (tertiary/aromatic N) is 4. The fourth-order valence-corrected chi connectivity index (χ4v) is 21.8. The molecular weight excluding hydrogens is 1500 g/mol. The maximum absolute atomic E-state index is 2.49. The summed E-state index contributed by atoms with van der Waals surface area (Å²) in [6, 6.07) is 162. The van der Waals surface area contributed by atoms with E-state index in [0.717, 1.165) is 0 Å². The van der Waals surface area contributed by atoms with Gasteiger partial charge in [-0.2, -0.15) is 0 Å². The SMILES string of the molecule is c1ccc2c(c1)ccc1c3ccccc3c(-n3c4ccccc4c4cc(-c5ccc6c(c5)c5ccccc5n6-c5cc6c7ccccc7ccc6c6ccccc56)ccc43)cc21.c1ccc2c(c1)ccc1cc(-n3c4ccccc4c4cc(-c5ccc6c(c5)c5ccccc5n6-c5cc6ccc7ccccc7c6c6ccccc56)ccc43)c3ccccc3c12. The number of rotatable bonds is 6. The highest BCUT2D eigenvalue weighted by molar-refractivity contribution is 6.28. The molecule has 0 N–H and O–H groups in total.